The van der Waals surface area contributed by atoms with Crippen LogP contribution >= 0.6 is 27.5 Å². The largest absolute Gasteiger partial charge is 0.381 e. The Morgan fingerprint density at radius 1 is 1.29 bits per heavy atom. The fraction of sp³-hybridized carbons (Fsp3) is 0.571. The van der Waals surface area contributed by atoms with Gasteiger partial charge in [0.2, 0.25) is 0 Å². The summed E-state index contributed by atoms with van der Waals surface area (Å²) in [6.07, 6.45) is 3.34. The molecule has 1 nitrogen and oxygen atoms in total. The Hall–Kier alpha value is -0.0500. The smallest absolute Gasteiger partial charge is 0.0472 e. The molecule has 0 heterocycles. The average molecular weight is 320 g/mol. The standard InChI is InChI=1S/C14H20BrClO/c1-2-3-9-17-10-8-12(11-15)13-6-4-5-7-14(13)16/h4-7,12H,2-3,8-11H2,1H3. The molecular weight excluding hydrogens is 300 g/mol. The zero-order valence-electron chi connectivity index (χ0n) is 10.3. The lowest BCUT2D eigenvalue weighted by molar-refractivity contribution is 0.125. The highest BCUT2D eigenvalue weighted by atomic mass is 79.9. The molecule has 1 atom stereocenters. The molecule has 0 aliphatic heterocycles. The topological polar surface area (TPSA) is 9.23 Å². The van der Waals surface area contributed by atoms with Crippen molar-refractivity contribution in [1.82, 2.24) is 0 Å². The normalized spacial score (nSPS) is 12.6. The molecule has 1 aromatic rings. The Kier molecular flexibility index (Phi) is 7.91. The number of rotatable bonds is 8. The van der Waals surface area contributed by atoms with Gasteiger partial charge in [0.15, 0.2) is 0 Å². The summed E-state index contributed by atoms with van der Waals surface area (Å²) >= 11 is 9.75. The number of unbranched alkanes of at least 4 members (excludes halogenated alkanes) is 1. The van der Waals surface area contributed by atoms with Crippen molar-refractivity contribution in [3.63, 3.8) is 0 Å². The van der Waals surface area contributed by atoms with Gasteiger partial charge in [0.05, 0.1) is 0 Å². The third-order valence-electron chi connectivity index (χ3n) is 2.78. The van der Waals surface area contributed by atoms with Crippen LogP contribution in [0.15, 0.2) is 24.3 Å². The van der Waals surface area contributed by atoms with Gasteiger partial charge >= 0.3 is 0 Å². The van der Waals surface area contributed by atoms with Crippen molar-refractivity contribution in [1.29, 1.82) is 0 Å². The average Bonchev–Trinajstić information content (AvgIpc) is 2.35. The molecule has 1 aromatic carbocycles. The van der Waals surface area contributed by atoms with Crippen LogP contribution in [0.4, 0.5) is 0 Å². The van der Waals surface area contributed by atoms with Crippen LogP contribution in [0.25, 0.3) is 0 Å². The molecule has 17 heavy (non-hydrogen) atoms. The lowest BCUT2D eigenvalue weighted by Gasteiger charge is -2.16. The summed E-state index contributed by atoms with van der Waals surface area (Å²) in [6, 6.07) is 8.05. The summed E-state index contributed by atoms with van der Waals surface area (Å²) in [4.78, 5) is 0. The Labute approximate surface area is 118 Å². The van der Waals surface area contributed by atoms with E-state index in [0.717, 1.165) is 36.4 Å². The molecule has 96 valence electrons. The van der Waals surface area contributed by atoms with Gasteiger partial charge < -0.3 is 4.74 Å². The highest BCUT2D eigenvalue weighted by Crippen LogP contribution is 2.28. The first-order valence-corrected chi connectivity index (χ1v) is 7.67. The van der Waals surface area contributed by atoms with Gasteiger partial charge in [-0.15, -0.1) is 0 Å². The van der Waals surface area contributed by atoms with Crippen LogP contribution in [-0.4, -0.2) is 18.5 Å². The van der Waals surface area contributed by atoms with E-state index in [4.69, 9.17) is 16.3 Å². The second-order valence-electron chi connectivity index (χ2n) is 4.13. The van der Waals surface area contributed by atoms with E-state index in [2.05, 4.69) is 28.9 Å². The van der Waals surface area contributed by atoms with Gasteiger partial charge in [-0.1, -0.05) is 59.1 Å². The fourth-order valence-corrected chi connectivity index (χ4v) is 2.66. The minimum Gasteiger partial charge on any atom is -0.381 e. The number of ether oxygens (including phenoxy) is 1. The van der Waals surface area contributed by atoms with Gasteiger partial charge in [-0.25, -0.2) is 0 Å². The van der Waals surface area contributed by atoms with Gasteiger partial charge in [-0.2, -0.15) is 0 Å². The lowest BCUT2D eigenvalue weighted by Crippen LogP contribution is -2.06. The summed E-state index contributed by atoms with van der Waals surface area (Å²) in [6.45, 7) is 3.85. The Morgan fingerprint density at radius 2 is 2.06 bits per heavy atom. The summed E-state index contributed by atoms with van der Waals surface area (Å²) < 4.78 is 5.60. The van der Waals surface area contributed by atoms with E-state index in [9.17, 15) is 0 Å². The van der Waals surface area contributed by atoms with Crippen molar-refractivity contribution < 1.29 is 4.74 Å². The van der Waals surface area contributed by atoms with E-state index in [1.807, 2.05) is 18.2 Å². The summed E-state index contributed by atoms with van der Waals surface area (Å²) in [7, 11) is 0. The third-order valence-corrected chi connectivity index (χ3v) is 3.91. The predicted octanol–water partition coefficient (Wildman–Crippen LogP) is 5.03. The predicted molar refractivity (Wildman–Crippen MR) is 78.3 cm³/mol. The molecule has 0 aromatic heterocycles. The number of hydrogen-bond acceptors (Lipinski definition) is 1. The number of hydrogen-bond donors (Lipinski definition) is 0. The third kappa shape index (κ3) is 5.41. The van der Waals surface area contributed by atoms with Gasteiger partial charge in [0.1, 0.15) is 0 Å². The van der Waals surface area contributed by atoms with Gasteiger partial charge in [-0.3, -0.25) is 0 Å². The zero-order chi connectivity index (χ0) is 12.5. The minimum atomic E-state index is 0.435. The van der Waals surface area contributed by atoms with Gasteiger partial charge in [-0.05, 0) is 30.4 Å². The van der Waals surface area contributed by atoms with E-state index in [1.165, 1.54) is 12.0 Å². The van der Waals surface area contributed by atoms with Gasteiger partial charge in [0.25, 0.3) is 0 Å². The first-order valence-electron chi connectivity index (χ1n) is 6.17. The van der Waals surface area contributed by atoms with Crippen LogP contribution in [-0.2, 0) is 4.74 Å². The Balaban J connectivity index is 2.41. The molecule has 0 aliphatic carbocycles. The van der Waals surface area contributed by atoms with Crippen molar-refractivity contribution in [2.45, 2.75) is 32.1 Å². The van der Waals surface area contributed by atoms with Crippen LogP contribution in [0.3, 0.4) is 0 Å². The molecule has 0 spiro atoms. The van der Waals surface area contributed by atoms with E-state index in [1.54, 1.807) is 0 Å². The molecule has 1 unspecified atom stereocenters. The van der Waals surface area contributed by atoms with Crippen molar-refractivity contribution >= 4 is 27.5 Å². The molecule has 0 bridgehead atoms. The second kappa shape index (κ2) is 8.96. The van der Waals surface area contributed by atoms with Crippen LogP contribution < -0.4 is 0 Å². The monoisotopic (exact) mass is 318 g/mol. The van der Waals surface area contributed by atoms with Crippen molar-refractivity contribution in [2.24, 2.45) is 0 Å². The van der Waals surface area contributed by atoms with Crippen molar-refractivity contribution in [3.8, 4) is 0 Å². The minimum absolute atomic E-state index is 0.435. The maximum absolute atomic E-state index is 6.20. The van der Waals surface area contributed by atoms with Gasteiger partial charge in [0, 0.05) is 23.6 Å². The lowest BCUT2D eigenvalue weighted by atomic mass is 9.98. The summed E-state index contributed by atoms with van der Waals surface area (Å²) in [5.41, 5.74) is 1.21. The highest BCUT2D eigenvalue weighted by molar-refractivity contribution is 9.09. The molecule has 0 fully saturated rings. The fourth-order valence-electron chi connectivity index (χ4n) is 1.70. The SMILES string of the molecule is CCCCOCCC(CBr)c1ccccc1Cl. The van der Waals surface area contributed by atoms with E-state index < -0.39 is 0 Å². The molecule has 0 aliphatic rings. The molecule has 3 heteroatoms. The first kappa shape index (κ1) is 15.0. The summed E-state index contributed by atoms with van der Waals surface area (Å²) in [5.74, 6) is 0.435. The molecule has 0 amide bonds. The van der Waals surface area contributed by atoms with E-state index in [0.29, 0.717) is 5.92 Å². The Bertz CT molecular complexity index is 317. The van der Waals surface area contributed by atoms with Crippen LogP contribution in [0.1, 0.15) is 37.7 Å². The van der Waals surface area contributed by atoms with Crippen molar-refractivity contribution in [2.75, 3.05) is 18.5 Å². The van der Waals surface area contributed by atoms with Crippen LogP contribution in [0.2, 0.25) is 5.02 Å². The van der Waals surface area contributed by atoms with Crippen LogP contribution in [0, 0.1) is 0 Å². The molecular formula is C14H20BrClO. The molecule has 0 saturated carbocycles. The summed E-state index contributed by atoms with van der Waals surface area (Å²) in [5, 5.41) is 1.78. The van der Waals surface area contributed by atoms with E-state index in [-0.39, 0.29) is 0 Å². The van der Waals surface area contributed by atoms with Crippen LogP contribution in [0.5, 0.6) is 0 Å². The number of benzene rings is 1. The maximum Gasteiger partial charge on any atom is 0.0472 e. The first-order chi connectivity index (χ1) is 8.29. The zero-order valence-corrected chi connectivity index (χ0v) is 12.6. The number of halogens is 2. The highest BCUT2D eigenvalue weighted by Gasteiger charge is 2.12. The second-order valence-corrected chi connectivity index (χ2v) is 5.18. The molecule has 0 radical (unpaired) electrons. The van der Waals surface area contributed by atoms with Crippen molar-refractivity contribution in [3.05, 3.63) is 34.9 Å². The van der Waals surface area contributed by atoms with E-state index >= 15 is 0 Å². The quantitative estimate of drug-likeness (QED) is 0.482. The molecule has 1 rings (SSSR count). The maximum atomic E-state index is 6.20. The molecule has 0 saturated heterocycles. The Morgan fingerprint density at radius 3 is 2.71 bits per heavy atom. The molecule has 0 N–H and O–H groups in total. The number of alkyl halides is 1.